The fourth-order valence-electron chi connectivity index (χ4n) is 2.98. The van der Waals surface area contributed by atoms with Crippen LogP contribution in [0, 0.1) is 5.92 Å². The van der Waals surface area contributed by atoms with Crippen LogP contribution in [0.25, 0.3) is 5.69 Å². The minimum Gasteiger partial charge on any atom is -0.350 e. The molecule has 1 aliphatic carbocycles. The Balaban J connectivity index is 1.47. The van der Waals surface area contributed by atoms with Crippen molar-refractivity contribution in [3.05, 3.63) is 76.9 Å². The van der Waals surface area contributed by atoms with Crippen LogP contribution in [0.2, 0.25) is 5.02 Å². The van der Waals surface area contributed by atoms with Crippen LogP contribution in [0.4, 0.5) is 5.82 Å². The first-order valence-corrected chi connectivity index (χ1v) is 9.97. The molecule has 0 aliphatic heterocycles. The Morgan fingerprint density at radius 1 is 1.07 bits per heavy atom. The van der Waals surface area contributed by atoms with Gasteiger partial charge in [0.05, 0.1) is 5.69 Å². The van der Waals surface area contributed by atoms with Gasteiger partial charge in [-0.15, -0.1) is 0 Å². The van der Waals surface area contributed by atoms with Crippen molar-refractivity contribution in [2.24, 2.45) is 5.92 Å². The minimum absolute atomic E-state index is 0.0308. The fraction of sp³-hybridized carbons (Fsp3) is 0.227. The number of hydrogen-bond donors (Lipinski definition) is 2. The number of benzene rings is 2. The monoisotopic (exact) mass is 408 g/mol. The van der Waals surface area contributed by atoms with E-state index in [2.05, 4.69) is 15.7 Å². The van der Waals surface area contributed by atoms with Gasteiger partial charge in [0, 0.05) is 23.6 Å². The summed E-state index contributed by atoms with van der Waals surface area (Å²) in [6.45, 7) is 0.475. The Kier molecular flexibility index (Phi) is 5.62. The van der Waals surface area contributed by atoms with Gasteiger partial charge in [-0.1, -0.05) is 41.9 Å². The molecule has 0 saturated heterocycles. The first-order chi connectivity index (χ1) is 14.1. The highest BCUT2D eigenvalue weighted by atomic mass is 35.5. The van der Waals surface area contributed by atoms with Crippen molar-refractivity contribution in [1.82, 2.24) is 15.1 Å². The topological polar surface area (TPSA) is 76.0 Å². The van der Waals surface area contributed by atoms with E-state index in [1.165, 1.54) is 0 Å². The number of rotatable bonds is 7. The molecule has 0 spiro atoms. The quantitative estimate of drug-likeness (QED) is 0.623. The van der Waals surface area contributed by atoms with E-state index in [0.29, 0.717) is 23.8 Å². The lowest BCUT2D eigenvalue weighted by molar-refractivity contribution is -0.117. The third kappa shape index (κ3) is 4.84. The van der Waals surface area contributed by atoms with Crippen LogP contribution in [-0.2, 0) is 11.2 Å². The second kappa shape index (κ2) is 8.49. The first-order valence-electron chi connectivity index (χ1n) is 9.59. The Morgan fingerprint density at radius 2 is 1.79 bits per heavy atom. The van der Waals surface area contributed by atoms with Crippen molar-refractivity contribution in [2.75, 3.05) is 11.9 Å². The summed E-state index contributed by atoms with van der Waals surface area (Å²) in [5.74, 6) is 0.245. The molecule has 0 bridgehead atoms. The second-order valence-corrected chi connectivity index (χ2v) is 7.49. The Bertz CT molecular complexity index is 1010. The molecule has 1 heterocycles. The van der Waals surface area contributed by atoms with Crippen molar-refractivity contribution in [3.8, 4) is 5.69 Å². The van der Waals surface area contributed by atoms with Gasteiger partial charge in [-0.3, -0.25) is 9.59 Å². The Labute approximate surface area is 173 Å². The number of carbonyl (C=O) groups is 2. The molecule has 1 aromatic heterocycles. The molecule has 3 aromatic rings. The zero-order chi connectivity index (χ0) is 20.2. The van der Waals surface area contributed by atoms with Gasteiger partial charge in [-0.2, -0.15) is 5.10 Å². The average Bonchev–Trinajstić information content (AvgIpc) is 3.51. The largest absolute Gasteiger partial charge is 0.350 e. The normalized spacial score (nSPS) is 13.1. The fourth-order valence-corrected chi connectivity index (χ4v) is 3.11. The van der Waals surface area contributed by atoms with Gasteiger partial charge in [0.1, 0.15) is 5.82 Å². The van der Waals surface area contributed by atoms with Crippen molar-refractivity contribution >= 4 is 29.2 Å². The number of nitrogens with one attached hydrogen (secondary N) is 2. The zero-order valence-electron chi connectivity index (χ0n) is 15.8. The molecule has 6 nitrogen and oxygen atoms in total. The van der Waals surface area contributed by atoms with Gasteiger partial charge in [0.25, 0.3) is 5.91 Å². The van der Waals surface area contributed by atoms with E-state index in [-0.39, 0.29) is 23.4 Å². The molecule has 0 radical (unpaired) electrons. The molecule has 1 aliphatic rings. The zero-order valence-corrected chi connectivity index (χ0v) is 16.5. The van der Waals surface area contributed by atoms with E-state index >= 15 is 0 Å². The van der Waals surface area contributed by atoms with E-state index in [4.69, 9.17) is 11.6 Å². The molecule has 7 heteroatoms. The molecular weight excluding hydrogens is 388 g/mol. The molecule has 2 N–H and O–H groups in total. The SMILES string of the molecule is O=C(NCCc1ccc(Cl)cc1)c1cc(NC(=O)C2CC2)n(-c2ccccc2)n1. The average molecular weight is 409 g/mol. The highest BCUT2D eigenvalue weighted by molar-refractivity contribution is 6.30. The van der Waals surface area contributed by atoms with Gasteiger partial charge < -0.3 is 10.6 Å². The third-order valence-corrected chi connectivity index (χ3v) is 5.01. The van der Waals surface area contributed by atoms with E-state index in [0.717, 1.165) is 24.1 Å². The maximum atomic E-state index is 12.6. The van der Waals surface area contributed by atoms with Crippen LogP contribution < -0.4 is 10.6 Å². The van der Waals surface area contributed by atoms with Crippen LogP contribution in [0.1, 0.15) is 28.9 Å². The number of anilines is 1. The number of hydrogen-bond acceptors (Lipinski definition) is 3. The summed E-state index contributed by atoms with van der Waals surface area (Å²) >= 11 is 5.89. The maximum absolute atomic E-state index is 12.6. The number of nitrogens with zero attached hydrogens (tertiary/aromatic N) is 2. The molecule has 1 saturated carbocycles. The Hall–Kier alpha value is -3.12. The minimum atomic E-state index is -0.282. The molecule has 4 rings (SSSR count). The standard InChI is InChI=1S/C22H21ClN4O2/c23-17-10-6-15(7-11-17)12-13-24-22(29)19-14-20(25-21(28)16-8-9-16)27(26-19)18-4-2-1-3-5-18/h1-7,10-11,14,16H,8-9,12-13H2,(H,24,29)(H,25,28). The molecule has 29 heavy (non-hydrogen) atoms. The first kappa shape index (κ1) is 19.2. The van der Waals surface area contributed by atoms with Gasteiger partial charge >= 0.3 is 0 Å². The van der Waals surface area contributed by atoms with Crippen molar-refractivity contribution in [2.45, 2.75) is 19.3 Å². The van der Waals surface area contributed by atoms with Crippen molar-refractivity contribution in [1.29, 1.82) is 0 Å². The van der Waals surface area contributed by atoms with Crippen molar-refractivity contribution < 1.29 is 9.59 Å². The second-order valence-electron chi connectivity index (χ2n) is 7.06. The maximum Gasteiger partial charge on any atom is 0.271 e. The summed E-state index contributed by atoms with van der Waals surface area (Å²) in [7, 11) is 0. The van der Waals surface area contributed by atoms with Crippen LogP contribution in [-0.4, -0.2) is 28.1 Å². The third-order valence-electron chi connectivity index (χ3n) is 4.75. The lowest BCUT2D eigenvalue weighted by Gasteiger charge is -2.08. The molecule has 2 aromatic carbocycles. The molecule has 1 fully saturated rings. The lowest BCUT2D eigenvalue weighted by Crippen LogP contribution is -2.26. The van der Waals surface area contributed by atoms with E-state index in [9.17, 15) is 9.59 Å². The van der Waals surface area contributed by atoms with Gasteiger partial charge in [0.15, 0.2) is 5.69 Å². The summed E-state index contributed by atoms with van der Waals surface area (Å²) in [6, 6.07) is 18.6. The van der Waals surface area contributed by atoms with Gasteiger partial charge in [-0.05, 0) is 49.1 Å². The van der Waals surface area contributed by atoms with Gasteiger partial charge in [-0.25, -0.2) is 4.68 Å². The molecule has 0 unspecified atom stereocenters. The van der Waals surface area contributed by atoms with Crippen molar-refractivity contribution in [3.63, 3.8) is 0 Å². The summed E-state index contributed by atoms with van der Waals surface area (Å²) < 4.78 is 1.59. The van der Waals surface area contributed by atoms with E-state index in [1.807, 2.05) is 54.6 Å². The highest BCUT2D eigenvalue weighted by Gasteiger charge is 2.30. The van der Waals surface area contributed by atoms with Crippen LogP contribution in [0.5, 0.6) is 0 Å². The van der Waals surface area contributed by atoms with Crippen LogP contribution >= 0.6 is 11.6 Å². The summed E-state index contributed by atoms with van der Waals surface area (Å²) in [6.07, 6.45) is 2.50. The number of amides is 2. The molecular formula is C22H21ClN4O2. The summed E-state index contributed by atoms with van der Waals surface area (Å²) in [5.41, 5.74) is 2.12. The molecule has 148 valence electrons. The number of carbonyl (C=O) groups excluding carboxylic acids is 2. The van der Waals surface area contributed by atoms with E-state index in [1.54, 1.807) is 10.7 Å². The number of para-hydroxylation sites is 1. The highest BCUT2D eigenvalue weighted by Crippen LogP contribution is 2.30. The summed E-state index contributed by atoms with van der Waals surface area (Å²) in [4.78, 5) is 24.8. The molecule has 0 atom stereocenters. The number of halogens is 1. The lowest BCUT2D eigenvalue weighted by atomic mass is 10.1. The molecule has 2 amide bonds. The number of aromatic nitrogens is 2. The Morgan fingerprint density at radius 3 is 2.48 bits per heavy atom. The van der Waals surface area contributed by atoms with Crippen LogP contribution in [0.3, 0.4) is 0 Å². The summed E-state index contributed by atoms with van der Waals surface area (Å²) in [5, 5.41) is 10.9. The smallest absolute Gasteiger partial charge is 0.271 e. The predicted molar refractivity (Wildman–Crippen MR) is 112 cm³/mol. The van der Waals surface area contributed by atoms with E-state index < -0.39 is 0 Å². The van der Waals surface area contributed by atoms with Gasteiger partial charge in [0.2, 0.25) is 5.91 Å². The predicted octanol–water partition coefficient (Wildman–Crippen LogP) is 3.85. The van der Waals surface area contributed by atoms with Crippen LogP contribution in [0.15, 0.2) is 60.7 Å².